The first-order valence-electron chi connectivity index (χ1n) is 3.56. The molecule has 0 fully saturated rings. The Morgan fingerprint density at radius 2 is 1.65 bits per heavy atom. The summed E-state index contributed by atoms with van der Waals surface area (Å²) >= 11 is 0. The Labute approximate surface area is 131 Å². The topological polar surface area (TPSA) is 136 Å². The van der Waals surface area contributed by atoms with Crippen molar-refractivity contribution >= 4 is 12.1 Å². The molecule has 0 amide bonds. The van der Waals surface area contributed by atoms with E-state index in [9.17, 15) is 9.90 Å². The Kier molecular flexibility index (Phi) is 15.0. The van der Waals surface area contributed by atoms with Crippen LogP contribution in [0.2, 0.25) is 0 Å². The Balaban J connectivity index is -0.000000289. The molecule has 0 saturated heterocycles. The van der Waals surface area contributed by atoms with E-state index in [-0.39, 0.29) is 59.7 Å². The summed E-state index contributed by atoms with van der Waals surface area (Å²) in [4.78, 5) is 23.1. The number of hydrogen-bond donors (Lipinski definition) is 2. The fourth-order valence-corrected chi connectivity index (χ4v) is 0.738. The average molecular weight is 243 g/mol. The van der Waals surface area contributed by atoms with Crippen molar-refractivity contribution in [1.29, 1.82) is 0 Å². The standard InChI is InChI=1S/C7H7NO3.CH2O3.Li.Na/c8-11-6-4-2-1-3-5(6)7(9)10;2-1(3)4;;/h1-4H,8H2,(H,9,10);(H2,2,3,4);;/q;;2*+1/p-2. The van der Waals surface area contributed by atoms with E-state index in [1.165, 1.54) is 12.1 Å². The number of hydrogen-bond acceptors (Lipinski definition) is 6. The van der Waals surface area contributed by atoms with E-state index in [1.807, 2.05) is 0 Å². The molecule has 0 bridgehead atoms. The first-order valence-corrected chi connectivity index (χ1v) is 3.56. The molecule has 82 valence electrons. The number of rotatable bonds is 2. The van der Waals surface area contributed by atoms with Crippen molar-refractivity contribution in [1.82, 2.24) is 0 Å². The third-order valence-electron chi connectivity index (χ3n) is 1.23. The summed E-state index contributed by atoms with van der Waals surface area (Å²) in [5.74, 6) is 3.60. The molecule has 1 aromatic rings. The Morgan fingerprint density at radius 3 is 1.94 bits per heavy atom. The van der Waals surface area contributed by atoms with Gasteiger partial charge >= 0.3 is 48.4 Å². The van der Waals surface area contributed by atoms with Crippen molar-refractivity contribution in [2.75, 3.05) is 0 Å². The van der Waals surface area contributed by atoms with Gasteiger partial charge in [-0.1, -0.05) is 12.1 Å². The molecule has 0 aliphatic heterocycles. The van der Waals surface area contributed by atoms with Crippen LogP contribution in [0, 0.1) is 0 Å². The second kappa shape index (κ2) is 11.8. The van der Waals surface area contributed by atoms with Gasteiger partial charge in [0.15, 0.2) is 5.75 Å². The summed E-state index contributed by atoms with van der Waals surface area (Å²) in [7, 11) is 0. The smallest absolute Gasteiger partial charge is 0.565 e. The van der Waals surface area contributed by atoms with Gasteiger partial charge in [-0.05, 0) is 12.1 Å². The van der Waals surface area contributed by atoms with Crippen molar-refractivity contribution in [2.45, 2.75) is 0 Å². The molecule has 1 rings (SSSR count). The van der Waals surface area contributed by atoms with Gasteiger partial charge in [0.25, 0.3) is 0 Å². The summed E-state index contributed by atoms with van der Waals surface area (Å²) in [6.07, 6.45) is -2.08. The second-order valence-electron chi connectivity index (χ2n) is 2.17. The molecule has 0 aromatic heterocycles. The van der Waals surface area contributed by atoms with Crippen LogP contribution in [0.25, 0.3) is 0 Å². The van der Waals surface area contributed by atoms with Crippen LogP contribution in [-0.2, 0) is 0 Å². The van der Waals surface area contributed by atoms with Crippen LogP contribution in [-0.4, -0.2) is 17.2 Å². The van der Waals surface area contributed by atoms with Gasteiger partial charge < -0.3 is 29.7 Å². The molecule has 0 unspecified atom stereocenters. The molecule has 0 aliphatic rings. The van der Waals surface area contributed by atoms with Gasteiger partial charge in [-0.3, -0.25) is 0 Å². The van der Waals surface area contributed by atoms with Crippen molar-refractivity contribution in [3.05, 3.63) is 29.8 Å². The molecule has 0 atom stereocenters. The number of nitrogens with two attached hydrogens (primary N) is 1. The number of para-hydroxylation sites is 1. The first kappa shape index (κ1) is 21.6. The van der Waals surface area contributed by atoms with Crippen molar-refractivity contribution < 1.29 is 78.2 Å². The fourth-order valence-electron chi connectivity index (χ4n) is 0.738. The van der Waals surface area contributed by atoms with Crippen molar-refractivity contribution in [2.24, 2.45) is 5.90 Å². The first-order chi connectivity index (χ1) is 6.99. The quantitative estimate of drug-likeness (QED) is 0.389. The molecule has 7 nitrogen and oxygen atoms in total. The maximum Gasteiger partial charge on any atom is 1.00 e. The largest absolute Gasteiger partial charge is 1.00 e. The predicted molar refractivity (Wildman–Crippen MR) is 43.6 cm³/mol. The summed E-state index contributed by atoms with van der Waals surface area (Å²) in [5, 5.41) is 25.6. The summed E-state index contributed by atoms with van der Waals surface area (Å²) < 4.78 is 0. The fraction of sp³-hybridized carbons (Fsp3) is 0. The molecule has 1 aromatic carbocycles. The maximum absolute atomic E-state index is 10.3. The second-order valence-corrected chi connectivity index (χ2v) is 2.17. The molecule has 3 N–H and O–H groups in total. The summed E-state index contributed by atoms with van der Waals surface area (Å²) in [6, 6.07) is 5.99. The van der Waals surface area contributed by atoms with Gasteiger partial charge in [0.2, 0.25) is 6.16 Å². The maximum atomic E-state index is 10.3. The molecule has 0 aliphatic carbocycles. The number of carboxylic acids is 1. The molecule has 0 saturated carbocycles. The monoisotopic (exact) mass is 243 g/mol. The van der Waals surface area contributed by atoms with E-state index in [4.69, 9.17) is 20.9 Å². The van der Waals surface area contributed by atoms with E-state index >= 15 is 0 Å². The van der Waals surface area contributed by atoms with Gasteiger partial charge in [-0.2, -0.15) is 5.90 Å². The zero-order chi connectivity index (χ0) is 11.8. The minimum atomic E-state index is -2.08. The van der Waals surface area contributed by atoms with E-state index in [1.54, 1.807) is 12.1 Å². The number of benzene rings is 1. The summed E-state index contributed by atoms with van der Waals surface area (Å²) in [6.45, 7) is 0. The van der Waals surface area contributed by atoms with Crippen LogP contribution in [0.5, 0.6) is 5.75 Å². The number of carbonyl (C=O) groups is 2. The van der Waals surface area contributed by atoms with Crippen molar-refractivity contribution in [3.63, 3.8) is 0 Å². The molecule has 0 spiro atoms. The van der Waals surface area contributed by atoms with Crippen LogP contribution in [0.15, 0.2) is 24.3 Å². The van der Waals surface area contributed by atoms with Crippen LogP contribution in [0.4, 0.5) is 4.79 Å². The van der Waals surface area contributed by atoms with E-state index < -0.39 is 12.1 Å². The Hall–Kier alpha value is -0.683. The van der Waals surface area contributed by atoms with Crippen LogP contribution >= 0.6 is 0 Å². The summed E-state index contributed by atoms with van der Waals surface area (Å²) in [5.41, 5.74) is -0.0463. The van der Waals surface area contributed by atoms with E-state index in [0.29, 0.717) is 0 Å². The van der Waals surface area contributed by atoms with Gasteiger partial charge in [0.1, 0.15) is 0 Å². The molecule has 0 heterocycles. The Morgan fingerprint density at radius 1 is 1.24 bits per heavy atom. The van der Waals surface area contributed by atoms with Gasteiger partial charge in [-0.25, -0.2) is 0 Å². The number of carbonyl (C=O) groups excluding carboxylic acids is 1. The molecule has 17 heavy (non-hydrogen) atoms. The zero-order valence-electron chi connectivity index (χ0n) is 9.38. The number of carboxylic acid groups (broad SMARTS) is 3. The zero-order valence-corrected chi connectivity index (χ0v) is 11.4. The third-order valence-corrected chi connectivity index (χ3v) is 1.23. The van der Waals surface area contributed by atoms with E-state index in [2.05, 4.69) is 4.84 Å². The van der Waals surface area contributed by atoms with Gasteiger partial charge in [0, 0.05) is 5.56 Å². The van der Waals surface area contributed by atoms with E-state index in [0.717, 1.165) is 0 Å². The number of aromatic carboxylic acids is 1. The minimum absolute atomic E-state index is 0. The molecule has 9 heteroatoms. The molecular weight excluding hydrogens is 236 g/mol. The van der Waals surface area contributed by atoms with Crippen LogP contribution in [0.1, 0.15) is 10.4 Å². The molecular formula is C8H7LiNNaO6. The predicted octanol–water partition coefficient (Wildman–Crippen LogP) is -7.80. The average Bonchev–Trinajstić information content (AvgIpc) is 2.16. The molecule has 0 radical (unpaired) electrons. The SMILES string of the molecule is NOc1ccccc1C(=O)[O-].O=C([O-])O.[Li+].[Na+]. The third kappa shape index (κ3) is 10.2. The Bertz CT molecular complexity index is 358. The van der Waals surface area contributed by atoms with Gasteiger partial charge in [-0.15, -0.1) is 0 Å². The van der Waals surface area contributed by atoms with Gasteiger partial charge in [0.05, 0.1) is 5.97 Å². The normalized spacial score (nSPS) is 7.35. The minimum Gasteiger partial charge on any atom is -0.565 e. The van der Waals surface area contributed by atoms with Crippen LogP contribution < -0.4 is 69.4 Å². The van der Waals surface area contributed by atoms with Crippen molar-refractivity contribution in [3.8, 4) is 5.75 Å². The van der Waals surface area contributed by atoms with Crippen LogP contribution in [0.3, 0.4) is 0 Å².